The van der Waals surface area contributed by atoms with Crippen molar-refractivity contribution in [3.63, 3.8) is 0 Å². The third-order valence-electron chi connectivity index (χ3n) is 3.64. The molecule has 2 aromatic heterocycles. The minimum atomic E-state index is -0.187. The van der Waals surface area contributed by atoms with Crippen molar-refractivity contribution >= 4 is 22.9 Å². The maximum absolute atomic E-state index is 12.5. The standard InChI is InChI=1S/C19H19N3O3S/c1-12-4-7-16(10-20-12)25-11-17-21-13(2)18(26-17)19(23)22-14-5-8-15(24-3)9-6-14/h4-10H,11H2,1-3H3,(H,22,23). The van der Waals surface area contributed by atoms with Gasteiger partial charge in [-0.1, -0.05) is 0 Å². The molecule has 1 N–H and O–H groups in total. The molecular weight excluding hydrogens is 350 g/mol. The Kier molecular flexibility index (Phi) is 5.48. The Morgan fingerprint density at radius 1 is 1.12 bits per heavy atom. The maximum atomic E-state index is 12.5. The molecule has 0 fully saturated rings. The van der Waals surface area contributed by atoms with Crippen molar-refractivity contribution in [2.45, 2.75) is 20.5 Å². The monoisotopic (exact) mass is 369 g/mol. The van der Waals surface area contributed by atoms with Gasteiger partial charge in [0.25, 0.3) is 5.91 Å². The number of amides is 1. The molecule has 0 spiro atoms. The molecule has 26 heavy (non-hydrogen) atoms. The Morgan fingerprint density at radius 2 is 1.85 bits per heavy atom. The van der Waals surface area contributed by atoms with Gasteiger partial charge >= 0.3 is 0 Å². The average molecular weight is 369 g/mol. The molecule has 3 aromatic rings. The average Bonchev–Trinajstić information content (AvgIpc) is 3.03. The number of hydrogen-bond acceptors (Lipinski definition) is 6. The van der Waals surface area contributed by atoms with Crippen molar-refractivity contribution < 1.29 is 14.3 Å². The van der Waals surface area contributed by atoms with Crippen LogP contribution in [0.5, 0.6) is 11.5 Å². The molecule has 0 unspecified atom stereocenters. The fourth-order valence-electron chi connectivity index (χ4n) is 2.27. The number of anilines is 1. The molecule has 7 heteroatoms. The number of nitrogens with one attached hydrogen (secondary N) is 1. The Hall–Kier alpha value is -2.93. The van der Waals surface area contributed by atoms with E-state index in [1.807, 2.05) is 26.0 Å². The van der Waals surface area contributed by atoms with Crippen LogP contribution in [0.1, 0.15) is 26.1 Å². The number of benzene rings is 1. The molecule has 0 radical (unpaired) electrons. The van der Waals surface area contributed by atoms with E-state index >= 15 is 0 Å². The third-order valence-corrected chi connectivity index (χ3v) is 4.77. The van der Waals surface area contributed by atoms with Gasteiger partial charge in [0.2, 0.25) is 0 Å². The molecule has 0 aliphatic rings. The smallest absolute Gasteiger partial charge is 0.267 e. The van der Waals surface area contributed by atoms with Crippen molar-refractivity contribution in [3.05, 3.63) is 63.9 Å². The van der Waals surface area contributed by atoms with Gasteiger partial charge in [-0.05, 0) is 50.2 Å². The number of carbonyl (C=O) groups is 1. The molecule has 0 saturated heterocycles. The highest BCUT2D eigenvalue weighted by molar-refractivity contribution is 7.13. The van der Waals surface area contributed by atoms with E-state index in [1.54, 1.807) is 37.6 Å². The van der Waals surface area contributed by atoms with Crippen molar-refractivity contribution in [2.75, 3.05) is 12.4 Å². The second kappa shape index (κ2) is 7.97. The minimum absolute atomic E-state index is 0.187. The first-order chi connectivity index (χ1) is 12.5. The van der Waals surface area contributed by atoms with Crippen LogP contribution < -0.4 is 14.8 Å². The molecule has 3 rings (SSSR count). The molecule has 0 saturated carbocycles. The van der Waals surface area contributed by atoms with E-state index < -0.39 is 0 Å². The summed E-state index contributed by atoms with van der Waals surface area (Å²) in [5, 5.41) is 3.61. The number of aromatic nitrogens is 2. The van der Waals surface area contributed by atoms with Gasteiger partial charge in [0, 0.05) is 11.4 Å². The van der Waals surface area contributed by atoms with Gasteiger partial charge in [0.1, 0.15) is 28.0 Å². The van der Waals surface area contributed by atoms with Crippen molar-refractivity contribution in [3.8, 4) is 11.5 Å². The number of methoxy groups -OCH3 is 1. The lowest BCUT2D eigenvalue weighted by Gasteiger charge is -2.05. The van der Waals surface area contributed by atoms with E-state index in [0.717, 1.165) is 16.5 Å². The minimum Gasteiger partial charge on any atom is -0.497 e. The summed E-state index contributed by atoms with van der Waals surface area (Å²) >= 11 is 1.32. The van der Waals surface area contributed by atoms with Crippen LogP contribution in [0.3, 0.4) is 0 Å². The van der Waals surface area contributed by atoms with Gasteiger partial charge in [0.05, 0.1) is 19.0 Å². The number of aryl methyl sites for hydroxylation is 2. The summed E-state index contributed by atoms with van der Waals surface area (Å²) < 4.78 is 10.8. The summed E-state index contributed by atoms with van der Waals surface area (Å²) in [6.07, 6.45) is 1.67. The summed E-state index contributed by atoms with van der Waals surface area (Å²) in [5.74, 6) is 1.23. The summed E-state index contributed by atoms with van der Waals surface area (Å²) in [4.78, 5) is 21.7. The molecule has 0 aliphatic carbocycles. The second-order valence-electron chi connectivity index (χ2n) is 5.63. The van der Waals surface area contributed by atoms with Crippen LogP contribution in [-0.2, 0) is 6.61 Å². The lowest BCUT2D eigenvalue weighted by molar-refractivity contribution is 0.103. The van der Waals surface area contributed by atoms with Crippen LogP contribution >= 0.6 is 11.3 Å². The van der Waals surface area contributed by atoms with Crippen LogP contribution in [0.4, 0.5) is 5.69 Å². The zero-order valence-electron chi connectivity index (χ0n) is 14.8. The van der Waals surface area contributed by atoms with Crippen LogP contribution in [0.2, 0.25) is 0 Å². The number of rotatable bonds is 6. The molecule has 6 nitrogen and oxygen atoms in total. The molecule has 0 aliphatic heterocycles. The number of hydrogen-bond donors (Lipinski definition) is 1. The van der Waals surface area contributed by atoms with E-state index in [0.29, 0.717) is 28.6 Å². The highest BCUT2D eigenvalue weighted by Gasteiger charge is 2.16. The summed E-state index contributed by atoms with van der Waals surface area (Å²) in [5.41, 5.74) is 2.31. The van der Waals surface area contributed by atoms with Crippen LogP contribution in [0, 0.1) is 13.8 Å². The maximum Gasteiger partial charge on any atom is 0.267 e. The number of ether oxygens (including phenoxy) is 2. The fraction of sp³-hybridized carbons (Fsp3) is 0.211. The molecule has 1 amide bonds. The third kappa shape index (κ3) is 4.37. The second-order valence-corrected chi connectivity index (χ2v) is 6.71. The largest absolute Gasteiger partial charge is 0.497 e. The zero-order valence-corrected chi connectivity index (χ0v) is 15.6. The zero-order chi connectivity index (χ0) is 18.5. The van der Waals surface area contributed by atoms with Crippen LogP contribution in [-0.4, -0.2) is 23.0 Å². The molecule has 134 valence electrons. The highest BCUT2D eigenvalue weighted by atomic mass is 32.1. The molecule has 0 bridgehead atoms. The Labute approximate surface area is 155 Å². The molecular formula is C19H19N3O3S. The topological polar surface area (TPSA) is 73.3 Å². The normalized spacial score (nSPS) is 10.4. The van der Waals surface area contributed by atoms with Gasteiger partial charge in [0.15, 0.2) is 0 Å². The van der Waals surface area contributed by atoms with Gasteiger partial charge in [-0.15, -0.1) is 11.3 Å². The van der Waals surface area contributed by atoms with Gasteiger partial charge in [-0.25, -0.2) is 4.98 Å². The van der Waals surface area contributed by atoms with E-state index in [2.05, 4.69) is 15.3 Å². The summed E-state index contributed by atoms with van der Waals surface area (Å²) in [6.45, 7) is 4.03. The number of thiazole rings is 1. The molecule has 2 heterocycles. The van der Waals surface area contributed by atoms with Gasteiger partial charge in [-0.3, -0.25) is 9.78 Å². The summed E-state index contributed by atoms with van der Waals surface area (Å²) in [7, 11) is 1.60. The van der Waals surface area contributed by atoms with E-state index in [-0.39, 0.29) is 5.91 Å². The highest BCUT2D eigenvalue weighted by Crippen LogP contribution is 2.22. The van der Waals surface area contributed by atoms with Crippen molar-refractivity contribution in [2.24, 2.45) is 0 Å². The Balaban J connectivity index is 1.64. The molecule has 1 aromatic carbocycles. The quantitative estimate of drug-likeness (QED) is 0.711. The number of carbonyl (C=O) groups excluding carboxylic acids is 1. The predicted molar refractivity (Wildman–Crippen MR) is 101 cm³/mol. The summed E-state index contributed by atoms with van der Waals surface area (Å²) in [6, 6.07) is 10.9. The molecule has 0 atom stereocenters. The van der Waals surface area contributed by atoms with Gasteiger partial charge in [-0.2, -0.15) is 0 Å². The van der Waals surface area contributed by atoms with Gasteiger partial charge < -0.3 is 14.8 Å². The lowest BCUT2D eigenvalue weighted by atomic mass is 10.3. The SMILES string of the molecule is COc1ccc(NC(=O)c2sc(COc3ccc(C)nc3)nc2C)cc1. The van der Waals surface area contributed by atoms with Crippen molar-refractivity contribution in [1.82, 2.24) is 9.97 Å². The number of nitrogens with zero attached hydrogens (tertiary/aromatic N) is 2. The van der Waals surface area contributed by atoms with Crippen LogP contribution in [0.15, 0.2) is 42.6 Å². The fourth-order valence-corrected chi connectivity index (χ4v) is 3.14. The first kappa shape index (κ1) is 17.9. The van der Waals surface area contributed by atoms with Crippen LogP contribution in [0.25, 0.3) is 0 Å². The van der Waals surface area contributed by atoms with E-state index in [1.165, 1.54) is 11.3 Å². The lowest BCUT2D eigenvalue weighted by Crippen LogP contribution is -2.11. The van der Waals surface area contributed by atoms with E-state index in [9.17, 15) is 4.79 Å². The Bertz CT molecular complexity index is 889. The first-order valence-corrected chi connectivity index (χ1v) is 8.84. The van der Waals surface area contributed by atoms with Crippen molar-refractivity contribution in [1.29, 1.82) is 0 Å². The first-order valence-electron chi connectivity index (χ1n) is 8.02. The van der Waals surface area contributed by atoms with E-state index in [4.69, 9.17) is 9.47 Å². The number of pyridine rings is 1. The predicted octanol–water partition coefficient (Wildman–Crippen LogP) is 3.99. The Morgan fingerprint density at radius 3 is 2.50 bits per heavy atom.